The minimum atomic E-state index is -0.592. The number of hydrogen-bond donors (Lipinski definition) is 1. The Morgan fingerprint density at radius 1 is 1.23 bits per heavy atom. The Morgan fingerprint density at radius 3 is 2.65 bits per heavy atom. The molecule has 0 aromatic heterocycles. The van der Waals surface area contributed by atoms with Gasteiger partial charge in [0.25, 0.3) is 0 Å². The first kappa shape index (κ1) is 18.6. The van der Waals surface area contributed by atoms with Crippen LogP contribution in [-0.4, -0.2) is 25.2 Å². The summed E-state index contributed by atoms with van der Waals surface area (Å²) in [6.07, 6.45) is 8.06. The lowest BCUT2D eigenvalue weighted by Gasteiger charge is -2.36. The predicted octanol–water partition coefficient (Wildman–Crippen LogP) is 3.86. The van der Waals surface area contributed by atoms with Crippen molar-refractivity contribution in [1.29, 1.82) is 5.26 Å². The van der Waals surface area contributed by atoms with Crippen LogP contribution in [0, 0.1) is 11.3 Å². The topological polar surface area (TPSA) is 71.3 Å². The van der Waals surface area contributed by atoms with Crippen molar-refractivity contribution in [1.82, 2.24) is 5.32 Å². The van der Waals surface area contributed by atoms with Crippen LogP contribution >= 0.6 is 0 Å². The van der Waals surface area contributed by atoms with Crippen molar-refractivity contribution in [3.8, 4) is 17.6 Å². The molecule has 1 N–H and O–H groups in total. The molecule has 1 aromatic rings. The lowest BCUT2D eigenvalue weighted by atomic mass is 9.68. The zero-order valence-electron chi connectivity index (χ0n) is 15.7. The first-order valence-corrected chi connectivity index (χ1v) is 9.60. The fourth-order valence-electron chi connectivity index (χ4n) is 4.37. The van der Waals surface area contributed by atoms with Crippen LogP contribution in [0.4, 0.5) is 0 Å². The van der Waals surface area contributed by atoms with E-state index in [1.54, 1.807) is 7.11 Å². The highest BCUT2D eigenvalue weighted by Crippen LogP contribution is 2.42. The Bertz CT molecular complexity index is 691. The second-order valence-corrected chi connectivity index (χ2v) is 7.58. The van der Waals surface area contributed by atoms with E-state index in [0.29, 0.717) is 12.2 Å². The third-order valence-electron chi connectivity index (χ3n) is 5.68. The molecule has 0 aliphatic heterocycles. The second-order valence-electron chi connectivity index (χ2n) is 7.58. The average molecular weight is 356 g/mol. The van der Waals surface area contributed by atoms with E-state index in [1.807, 2.05) is 18.2 Å². The molecule has 2 fully saturated rings. The van der Waals surface area contributed by atoms with Gasteiger partial charge in [0, 0.05) is 13.0 Å². The van der Waals surface area contributed by atoms with Crippen LogP contribution in [-0.2, 0) is 10.2 Å². The Morgan fingerprint density at radius 2 is 2.00 bits per heavy atom. The van der Waals surface area contributed by atoms with E-state index in [1.165, 1.54) is 19.8 Å². The zero-order chi connectivity index (χ0) is 18.6. The van der Waals surface area contributed by atoms with E-state index in [-0.39, 0.29) is 18.1 Å². The third-order valence-corrected chi connectivity index (χ3v) is 5.68. The fourth-order valence-corrected chi connectivity index (χ4v) is 4.37. The average Bonchev–Trinajstić information content (AvgIpc) is 3.14. The van der Waals surface area contributed by atoms with Gasteiger partial charge in [-0.2, -0.15) is 5.26 Å². The van der Waals surface area contributed by atoms with Gasteiger partial charge in [-0.3, -0.25) is 4.79 Å². The first-order valence-electron chi connectivity index (χ1n) is 9.60. The largest absolute Gasteiger partial charge is 0.493 e. The third kappa shape index (κ3) is 3.95. The number of nitrogens with zero attached hydrogens (tertiary/aromatic N) is 1. The van der Waals surface area contributed by atoms with Gasteiger partial charge in [-0.25, -0.2) is 0 Å². The summed E-state index contributed by atoms with van der Waals surface area (Å²) in [5, 5.41) is 13.0. The van der Waals surface area contributed by atoms with Crippen molar-refractivity contribution < 1.29 is 14.3 Å². The van der Waals surface area contributed by atoms with Crippen molar-refractivity contribution in [3.63, 3.8) is 0 Å². The molecule has 0 heterocycles. The molecule has 3 rings (SSSR count). The molecule has 0 unspecified atom stereocenters. The molecule has 0 spiro atoms. The quantitative estimate of drug-likeness (QED) is 0.870. The van der Waals surface area contributed by atoms with Crippen molar-refractivity contribution in [2.24, 2.45) is 0 Å². The minimum Gasteiger partial charge on any atom is -0.493 e. The summed E-state index contributed by atoms with van der Waals surface area (Å²) in [5.41, 5.74) is 0.370. The van der Waals surface area contributed by atoms with Crippen LogP contribution < -0.4 is 14.8 Å². The van der Waals surface area contributed by atoms with Gasteiger partial charge in [0.2, 0.25) is 5.91 Å². The summed E-state index contributed by atoms with van der Waals surface area (Å²) >= 11 is 0. The van der Waals surface area contributed by atoms with Crippen LogP contribution in [0.25, 0.3) is 0 Å². The van der Waals surface area contributed by atoms with Crippen LogP contribution in [0.3, 0.4) is 0 Å². The minimum absolute atomic E-state index is 0.0382. The maximum atomic E-state index is 11.4. The zero-order valence-corrected chi connectivity index (χ0v) is 15.7. The summed E-state index contributed by atoms with van der Waals surface area (Å²) in [5.74, 6) is 1.40. The molecule has 5 heteroatoms. The monoisotopic (exact) mass is 356 g/mol. The number of methoxy groups -OCH3 is 1. The predicted molar refractivity (Wildman–Crippen MR) is 99.2 cm³/mol. The van der Waals surface area contributed by atoms with Crippen LogP contribution in [0.1, 0.15) is 63.9 Å². The number of rotatable bonds is 5. The number of amides is 1. The smallest absolute Gasteiger partial charge is 0.217 e. The fraction of sp³-hybridized carbons (Fsp3) is 0.619. The van der Waals surface area contributed by atoms with E-state index in [2.05, 4.69) is 11.4 Å². The van der Waals surface area contributed by atoms with E-state index < -0.39 is 5.41 Å². The van der Waals surface area contributed by atoms with Gasteiger partial charge >= 0.3 is 0 Å². The number of nitriles is 1. The van der Waals surface area contributed by atoms with Gasteiger partial charge in [-0.05, 0) is 69.1 Å². The van der Waals surface area contributed by atoms with Crippen molar-refractivity contribution >= 4 is 5.91 Å². The molecule has 0 saturated heterocycles. The highest BCUT2D eigenvalue weighted by atomic mass is 16.5. The van der Waals surface area contributed by atoms with Crippen LogP contribution in [0.2, 0.25) is 0 Å². The Hall–Kier alpha value is -2.22. The summed E-state index contributed by atoms with van der Waals surface area (Å²) in [6, 6.07) is 8.45. The maximum absolute atomic E-state index is 11.4. The number of carbonyl (C=O) groups is 1. The van der Waals surface area contributed by atoms with Gasteiger partial charge < -0.3 is 14.8 Å². The molecule has 1 aromatic carbocycles. The molecular weight excluding hydrogens is 328 g/mol. The van der Waals surface area contributed by atoms with Crippen molar-refractivity contribution in [2.75, 3.05) is 7.11 Å². The van der Waals surface area contributed by atoms with E-state index in [4.69, 9.17) is 9.47 Å². The van der Waals surface area contributed by atoms with E-state index in [9.17, 15) is 10.1 Å². The Kier molecular flexibility index (Phi) is 5.70. The number of ether oxygens (including phenoxy) is 2. The number of nitrogens with one attached hydrogen (secondary N) is 1. The van der Waals surface area contributed by atoms with Crippen molar-refractivity contribution in [3.05, 3.63) is 23.8 Å². The molecular formula is C21H28N2O3. The lowest BCUT2D eigenvalue weighted by molar-refractivity contribution is -0.119. The molecule has 140 valence electrons. The SMILES string of the molecule is COc1ccc([C@]2(C#N)CCC[C@@H](NC(C)=O)C2)cc1OC1CCCC1. The van der Waals surface area contributed by atoms with Gasteiger partial charge in [-0.1, -0.05) is 6.07 Å². The maximum Gasteiger partial charge on any atom is 0.217 e. The highest BCUT2D eigenvalue weighted by Gasteiger charge is 2.39. The molecule has 2 aliphatic rings. The first-order chi connectivity index (χ1) is 12.6. The molecule has 0 bridgehead atoms. The second kappa shape index (κ2) is 7.99. The summed E-state index contributed by atoms with van der Waals surface area (Å²) in [7, 11) is 1.64. The van der Waals surface area contributed by atoms with Gasteiger partial charge in [-0.15, -0.1) is 0 Å². The summed E-state index contributed by atoms with van der Waals surface area (Å²) in [6.45, 7) is 1.53. The van der Waals surface area contributed by atoms with Crippen LogP contribution in [0.5, 0.6) is 11.5 Å². The van der Waals surface area contributed by atoms with Crippen LogP contribution in [0.15, 0.2) is 18.2 Å². The van der Waals surface area contributed by atoms with Crippen molar-refractivity contribution in [2.45, 2.75) is 75.9 Å². The number of carbonyl (C=O) groups excluding carboxylic acids is 1. The molecule has 0 radical (unpaired) electrons. The standard InChI is InChI=1S/C21H28N2O3/c1-15(24)23-17-6-5-11-21(13-17,14-22)16-9-10-19(25-2)20(12-16)26-18-7-3-4-8-18/h9-10,12,17-18H,3-8,11,13H2,1-2H3,(H,23,24)/t17-,21-/m1/s1. The molecule has 2 atom stereocenters. The molecule has 2 aliphatic carbocycles. The van der Waals surface area contributed by atoms with Gasteiger partial charge in [0.1, 0.15) is 0 Å². The number of benzene rings is 1. The molecule has 26 heavy (non-hydrogen) atoms. The summed E-state index contributed by atoms with van der Waals surface area (Å²) in [4.78, 5) is 11.4. The molecule has 2 saturated carbocycles. The lowest BCUT2D eigenvalue weighted by Crippen LogP contribution is -2.43. The van der Waals surface area contributed by atoms with Gasteiger partial charge in [0.05, 0.1) is 24.7 Å². The highest BCUT2D eigenvalue weighted by molar-refractivity contribution is 5.73. The normalized spacial score (nSPS) is 26.1. The van der Waals surface area contributed by atoms with E-state index in [0.717, 1.165) is 43.4 Å². The van der Waals surface area contributed by atoms with Gasteiger partial charge in [0.15, 0.2) is 11.5 Å². The Labute approximate surface area is 155 Å². The molecule has 1 amide bonds. The summed E-state index contributed by atoms with van der Waals surface area (Å²) < 4.78 is 11.7. The number of hydrogen-bond acceptors (Lipinski definition) is 4. The van der Waals surface area contributed by atoms with E-state index >= 15 is 0 Å². The Balaban J connectivity index is 1.87. The molecule has 5 nitrogen and oxygen atoms in total.